The molecule has 7 heteroatoms. The Balaban J connectivity index is 2.00. The monoisotopic (exact) mass is 479 g/mol. The summed E-state index contributed by atoms with van der Waals surface area (Å²) in [6.07, 6.45) is 1.46. The van der Waals surface area contributed by atoms with Crippen molar-refractivity contribution in [3.05, 3.63) is 87.8 Å². The fourth-order valence-electron chi connectivity index (χ4n) is 4.14. The number of aryl methyl sites for hydroxylation is 1. The Labute approximate surface area is 203 Å². The predicted octanol–water partition coefficient (Wildman–Crippen LogP) is 6.17. The third-order valence-electron chi connectivity index (χ3n) is 6.01. The minimum absolute atomic E-state index is 0.0799. The molecule has 1 aromatic heterocycles. The van der Waals surface area contributed by atoms with Gasteiger partial charge in [-0.15, -0.1) is 0 Å². The van der Waals surface area contributed by atoms with Crippen LogP contribution in [-0.4, -0.2) is 23.9 Å². The number of methoxy groups -OCH3 is 1. The number of rotatable bonds is 4. The summed E-state index contributed by atoms with van der Waals surface area (Å²) < 4.78 is 11.1. The van der Waals surface area contributed by atoms with Crippen LogP contribution in [-0.2, 0) is 15.0 Å². The average Bonchev–Trinajstić information content (AvgIpc) is 3.41. The third-order valence-corrected chi connectivity index (χ3v) is 6.24. The highest BCUT2D eigenvalue weighted by atomic mass is 35.5. The molecular formula is C27H26ClNO5. The second-order valence-electron chi connectivity index (χ2n) is 9.28. The second-order valence-corrected chi connectivity index (χ2v) is 9.72. The van der Waals surface area contributed by atoms with E-state index in [0.29, 0.717) is 27.8 Å². The van der Waals surface area contributed by atoms with E-state index in [1.165, 1.54) is 18.3 Å². The van der Waals surface area contributed by atoms with Crippen molar-refractivity contribution in [2.24, 2.45) is 0 Å². The highest BCUT2D eigenvalue weighted by Crippen LogP contribution is 2.45. The van der Waals surface area contributed by atoms with Gasteiger partial charge in [0.15, 0.2) is 0 Å². The number of hydrogen-bond donors (Lipinski definition) is 1. The van der Waals surface area contributed by atoms with E-state index in [-0.39, 0.29) is 16.7 Å². The number of nitrogens with zero attached hydrogens (tertiary/aromatic N) is 1. The number of anilines is 1. The van der Waals surface area contributed by atoms with Crippen molar-refractivity contribution in [1.29, 1.82) is 0 Å². The molecule has 4 rings (SSSR count). The van der Waals surface area contributed by atoms with Gasteiger partial charge in [-0.3, -0.25) is 14.5 Å². The molecule has 1 aliphatic heterocycles. The van der Waals surface area contributed by atoms with Crippen LogP contribution in [0.5, 0.6) is 5.75 Å². The van der Waals surface area contributed by atoms with Gasteiger partial charge in [0.05, 0.1) is 24.5 Å². The molecule has 0 radical (unpaired) electrons. The van der Waals surface area contributed by atoms with Crippen LogP contribution in [0, 0.1) is 6.92 Å². The quantitative estimate of drug-likeness (QED) is 0.275. The Morgan fingerprint density at radius 3 is 2.47 bits per heavy atom. The van der Waals surface area contributed by atoms with Gasteiger partial charge in [-0.2, -0.15) is 0 Å². The summed E-state index contributed by atoms with van der Waals surface area (Å²) in [5.41, 5.74) is 2.17. The maximum absolute atomic E-state index is 13.4. The summed E-state index contributed by atoms with van der Waals surface area (Å²) in [6, 6.07) is 12.9. The molecule has 3 aromatic rings. The number of ketones is 1. The summed E-state index contributed by atoms with van der Waals surface area (Å²) in [7, 11) is 1.49. The van der Waals surface area contributed by atoms with Crippen LogP contribution in [0.3, 0.4) is 0 Å². The highest BCUT2D eigenvalue weighted by Gasteiger charge is 2.49. The van der Waals surface area contributed by atoms with Gasteiger partial charge in [0.1, 0.15) is 23.3 Å². The molecule has 1 N–H and O–H groups in total. The standard InChI is InChI=1S/C27H26ClNO5/c1-15-8-10-17(28)14-19(15)29-23(21-7-6-12-34-21)22(25(31)26(29)32)24(30)18-13-16(27(2,3)4)9-11-20(18)33-5/h6-14,23,30H,1-5H3/b24-22+. The maximum Gasteiger partial charge on any atom is 0.300 e. The Kier molecular flexibility index (Phi) is 6.04. The van der Waals surface area contributed by atoms with Crippen molar-refractivity contribution in [1.82, 2.24) is 0 Å². The Hall–Kier alpha value is -3.51. The highest BCUT2D eigenvalue weighted by molar-refractivity contribution is 6.52. The number of Topliss-reactive ketones (excluding diaryl/α,β-unsaturated/α-hetero) is 1. The average molecular weight is 480 g/mol. The topological polar surface area (TPSA) is 80.0 Å². The number of ether oxygens (including phenoxy) is 1. The van der Waals surface area contributed by atoms with E-state index in [4.69, 9.17) is 20.8 Å². The van der Waals surface area contributed by atoms with E-state index in [0.717, 1.165) is 11.1 Å². The molecule has 0 aliphatic carbocycles. The lowest BCUT2D eigenvalue weighted by molar-refractivity contribution is -0.132. The Morgan fingerprint density at radius 2 is 1.85 bits per heavy atom. The molecule has 1 saturated heterocycles. The number of carbonyl (C=O) groups is 2. The van der Waals surface area contributed by atoms with E-state index in [1.807, 2.05) is 33.8 Å². The van der Waals surface area contributed by atoms with Crippen molar-refractivity contribution in [2.75, 3.05) is 12.0 Å². The van der Waals surface area contributed by atoms with Crippen LogP contribution in [0.15, 0.2) is 64.8 Å². The Morgan fingerprint density at radius 1 is 1.12 bits per heavy atom. The number of amides is 1. The van der Waals surface area contributed by atoms with E-state index in [2.05, 4.69) is 0 Å². The molecule has 1 atom stereocenters. The van der Waals surface area contributed by atoms with E-state index < -0.39 is 17.7 Å². The number of halogens is 1. The zero-order chi connectivity index (χ0) is 24.8. The molecule has 176 valence electrons. The molecule has 1 amide bonds. The zero-order valence-electron chi connectivity index (χ0n) is 19.7. The van der Waals surface area contributed by atoms with Crippen molar-refractivity contribution >= 4 is 34.7 Å². The first-order valence-corrected chi connectivity index (χ1v) is 11.2. The minimum atomic E-state index is -0.977. The minimum Gasteiger partial charge on any atom is -0.507 e. The van der Waals surface area contributed by atoms with Crippen LogP contribution < -0.4 is 9.64 Å². The zero-order valence-corrected chi connectivity index (χ0v) is 20.4. The first-order valence-electron chi connectivity index (χ1n) is 10.8. The fraction of sp³-hybridized carbons (Fsp3) is 0.259. The molecule has 2 aromatic carbocycles. The summed E-state index contributed by atoms with van der Waals surface area (Å²) in [6.45, 7) is 7.95. The largest absolute Gasteiger partial charge is 0.507 e. The number of carbonyl (C=O) groups excluding carboxylic acids is 2. The van der Waals surface area contributed by atoms with E-state index in [1.54, 1.807) is 42.5 Å². The van der Waals surface area contributed by atoms with Crippen LogP contribution in [0.25, 0.3) is 5.76 Å². The van der Waals surface area contributed by atoms with E-state index in [9.17, 15) is 14.7 Å². The number of furan rings is 1. The molecule has 0 saturated carbocycles. The lowest BCUT2D eigenvalue weighted by Gasteiger charge is -2.25. The van der Waals surface area contributed by atoms with Crippen LogP contribution in [0.1, 0.15) is 49.3 Å². The summed E-state index contributed by atoms with van der Waals surface area (Å²) in [5.74, 6) is -1.20. The van der Waals surface area contributed by atoms with Gasteiger partial charge in [0, 0.05) is 10.7 Å². The molecular weight excluding hydrogens is 454 g/mol. The van der Waals surface area contributed by atoms with Crippen LogP contribution in [0.4, 0.5) is 5.69 Å². The molecule has 6 nitrogen and oxygen atoms in total. The smallest absolute Gasteiger partial charge is 0.300 e. The lowest BCUT2D eigenvalue weighted by atomic mass is 9.85. The molecule has 1 unspecified atom stereocenters. The van der Waals surface area contributed by atoms with Gasteiger partial charge in [-0.25, -0.2) is 0 Å². The van der Waals surface area contributed by atoms with Crippen molar-refractivity contribution in [2.45, 2.75) is 39.2 Å². The van der Waals surface area contributed by atoms with Crippen LogP contribution >= 0.6 is 11.6 Å². The molecule has 34 heavy (non-hydrogen) atoms. The Bertz CT molecular complexity index is 1300. The summed E-state index contributed by atoms with van der Waals surface area (Å²) >= 11 is 6.22. The molecule has 0 spiro atoms. The predicted molar refractivity (Wildman–Crippen MR) is 131 cm³/mol. The maximum atomic E-state index is 13.4. The SMILES string of the molecule is COc1ccc(C(C)(C)C)cc1/C(O)=C1\C(=O)C(=O)N(c2cc(Cl)ccc2C)C1c1ccco1. The molecule has 2 heterocycles. The second kappa shape index (κ2) is 8.69. The van der Waals surface area contributed by atoms with Crippen molar-refractivity contribution < 1.29 is 23.8 Å². The third kappa shape index (κ3) is 3.99. The number of hydrogen-bond acceptors (Lipinski definition) is 5. The van der Waals surface area contributed by atoms with Gasteiger partial charge in [0.2, 0.25) is 0 Å². The first kappa shape index (κ1) is 23.6. The van der Waals surface area contributed by atoms with E-state index >= 15 is 0 Å². The molecule has 1 fully saturated rings. The fourth-order valence-corrected chi connectivity index (χ4v) is 4.31. The van der Waals surface area contributed by atoms with Gasteiger partial charge >= 0.3 is 0 Å². The van der Waals surface area contributed by atoms with Gasteiger partial charge in [-0.1, -0.05) is 44.5 Å². The first-order chi connectivity index (χ1) is 16.0. The summed E-state index contributed by atoms with van der Waals surface area (Å²) in [4.78, 5) is 28.0. The number of aliphatic hydroxyl groups is 1. The number of aliphatic hydroxyl groups excluding tert-OH is 1. The molecule has 1 aliphatic rings. The normalized spacial score (nSPS) is 17.9. The van der Waals surface area contributed by atoms with Crippen molar-refractivity contribution in [3.8, 4) is 5.75 Å². The molecule has 0 bridgehead atoms. The lowest BCUT2D eigenvalue weighted by Crippen LogP contribution is -2.30. The van der Waals surface area contributed by atoms with Crippen LogP contribution in [0.2, 0.25) is 5.02 Å². The van der Waals surface area contributed by atoms with Gasteiger partial charge in [-0.05, 0) is 59.9 Å². The summed E-state index contributed by atoms with van der Waals surface area (Å²) in [5, 5.41) is 11.9. The number of benzene rings is 2. The van der Waals surface area contributed by atoms with Gasteiger partial charge in [0.25, 0.3) is 11.7 Å². The van der Waals surface area contributed by atoms with Gasteiger partial charge < -0.3 is 14.3 Å². The van der Waals surface area contributed by atoms with Crippen molar-refractivity contribution in [3.63, 3.8) is 0 Å².